The second kappa shape index (κ2) is 7.01. The molecule has 2 aliphatic rings. The molecule has 21 heavy (non-hydrogen) atoms. The molecule has 0 aromatic carbocycles. The smallest absolute Gasteiger partial charge is 0.319 e. The summed E-state index contributed by atoms with van der Waals surface area (Å²) in [5.74, 6) is 0.664. The maximum Gasteiger partial charge on any atom is 0.319 e. The third kappa shape index (κ3) is 5.10. The van der Waals surface area contributed by atoms with E-state index in [2.05, 4.69) is 48.6 Å². The molecule has 0 unspecified atom stereocenters. The predicted octanol–water partition coefficient (Wildman–Crippen LogP) is 3.38. The maximum absolute atomic E-state index is 11.9. The minimum atomic E-state index is -0.0827. The highest BCUT2D eigenvalue weighted by Gasteiger charge is 2.19. The fourth-order valence-corrected chi connectivity index (χ4v) is 2.89. The van der Waals surface area contributed by atoms with Gasteiger partial charge in [0.15, 0.2) is 0 Å². The molecule has 2 N–H and O–H groups in total. The zero-order chi connectivity index (χ0) is 15.3. The fraction of sp³-hybridized carbons (Fsp3) is 0.706. The molecule has 0 bridgehead atoms. The lowest BCUT2D eigenvalue weighted by Gasteiger charge is -2.35. The van der Waals surface area contributed by atoms with Gasteiger partial charge in [-0.2, -0.15) is 0 Å². The fourth-order valence-electron chi connectivity index (χ4n) is 2.89. The van der Waals surface area contributed by atoms with Crippen molar-refractivity contribution >= 4 is 6.03 Å². The van der Waals surface area contributed by atoms with E-state index in [1.165, 1.54) is 32.1 Å². The summed E-state index contributed by atoms with van der Waals surface area (Å²) in [6.07, 6.45) is 12.6. The lowest BCUT2D eigenvalue weighted by atomic mass is 9.89. The van der Waals surface area contributed by atoms with E-state index in [1.807, 2.05) is 6.08 Å². The number of nitrogens with zero attached hydrogens (tertiary/aromatic N) is 1. The van der Waals surface area contributed by atoms with Crippen LogP contribution in [0.4, 0.5) is 4.79 Å². The highest BCUT2D eigenvalue weighted by molar-refractivity contribution is 5.76. The number of hydrogen-bond donors (Lipinski definition) is 2. The van der Waals surface area contributed by atoms with Crippen molar-refractivity contribution in [3.8, 4) is 0 Å². The lowest BCUT2D eigenvalue weighted by Crippen LogP contribution is -2.41. The van der Waals surface area contributed by atoms with Gasteiger partial charge in [0.25, 0.3) is 0 Å². The Hall–Kier alpha value is -1.45. The van der Waals surface area contributed by atoms with Crippen LogP contribution < -0.4 is 10.6 Å². The van der Waals surface area contributed by atoms with E-state index < -0.39 is 0 Å². The highest BCUT2D eigenvalue weighted by atomic mass is 16.2. The number of urea groups is 1. The molecule has 1 aliphatic carbocycles. The molecule has 1 heterocycles. The zero-order valence-electron chi connectivity index (χ0n) is 13.6. The summed E-state index contributed by atoms with van der Waals surface area (Å²) in [5.41, 5.74) is 0.999. The van der Waals surface area contributed by atoms with Crippen molar-refractivity contribution in [2.75, 3.05) is 13.1 Å². The van der Waals surface area contributed by atoms with E-state index in [0.717, 1.165) is 18.8 Å². The first-order valence-corrected chi connectivity index (χ1v) is 8.15. The molecule has 0 radical (unpaired) electrons. The van der Waals surface area contributed by atoms with Gasteiger partial charge in [0.2, 0.25) is 0 Å². The third-order valence-electron chi connectivity index (χ3n) is 4.34. The molecule has 2 rings (SSSR count). The summed E-state index contributed by atoms with van der Waals surface area (Å²) in [7, 11) is 0. The van der Waals surface area contributed by atoms with Crippen LogP contribution in [0.25, 0.3) is 0 Å². The Labute approximate surface area is 128 Å². The number of carbonyl (C=O) groups excluding carboxylic acids is 1. The van der Waals surface area contributed by atoms with Gasteiger partial charge in [-0.05, 0) is 51.7 Å². The second-order valence-electron chi connectivity index (χ2n) is 7.14. The third-order valence-corrected chi connectivity index (χ3v) is 4.34. The molecule has 4 nitrogen and oxygen atoms in total. The number of amides is 2. The Morgan fingerprint density at radius 1 is 1.29 bits per heavy atom. The van der Waals surface area contributed by atoms with E-state index in [4.69, 9.17) is 0 Å². The number of nitrogens with one attached hydrogen (secondary N) is 2. The first-order valence-electron chi connectivity index (χ1n) is 8.15. The molecule has 4 heteroatoms. The summed E-state index contributed by atoms with van der Waals surface area (Å²) >= 11 is 0. The van der Waals surface area contributed by atoms with Gasteiger partial charge in [0.05, 0.1) is 0 Å². The highest BCUT2D eigenvalue weighted by Crippen LogP contribution is 2.22. The molecule has 0 atom stereocenters. The molecular formula is C17H29N3O. The Bertz CT molecular complexity index is 414. The van der Waals surface area contributed by atoms with Crippen molar-refractivity contribution < 1.29 is 4.79 Å². The van der Waals surface area contributed by atoms with Gasteiger partial charge in [-0.25, -0.2) is 4.79 Å². The Kier molecular flexibility index (Phi) is 5.32. The Morgan fingerprint density at radius 3 is 2.57 bits per heavy atom. The molecule has 2 amide bonds. The molecule has 1 saturated carbocycles. The largest absolute Gasteiger partial charge is 0.369 e. The van der Waals surface area contributed by atoms with E-state index in [9.17, 15) is 4.79 Å². The number of hydrogen-bond acceptors (Lipinski definition) is 2. The van der Waals surface area contributed by atoms with E-state index in [1.54, 1.807) is 0 Å². The maximum atomic E-state index is 11.9. The van der Waals surface area contributed by atoms with Crippen molar-refractivity contribution in [3.63, 3.8) is 0 Å². The molecule has 118 valence electrons. The lowest BCUT2D eigenvalue weighted by molar-refractivity contribution is 0.222. The summed E-state index contributed by atoms with van der Waals surface area (Å²) in [6, 6.07) is -0.0827. The second-order valence-corrected chi connectivity index (χ2v) is 7.14. The molecule has 0 aromatic rings. The normalized spacial score (nSPS) is 20.1. The summed E-state index contributed by atoms with van der Waals surface area (Å²) in [5, 5.41) is 5.93. The number of carbonyl (C=O) groups is 1. The molecule has 1 aliphatic heterocycles. The Balaban J connectivity index is 1.71. The van der Waals surface area contributed by atoms with Crippen molar-refractivity contribution in [3.05, 3.63) is 24.0 Å². The molecule has 0 aromatic heterocycles. The van der Waals surface area contributed by atoms with Gasteiger partial charge < -0.3 is 15.5 Å². The average molecular weight is 291 g/mol. The Morgan fingerprint density at radius 2 is 2.00 bits per heavy atom. The van der Waals surface area contributed by atoms with Gasteiger partial charge in [0, 0.05) is 30.5 Å². The average Bonchev–Trinajstić information content (AvgIpc) is 2.46. The van der Waals surface area contributed by atoms with Crippen molar-refractivity contribution in [1.82, 2.24) is 15.5 Å². The van der Waals surface area contributed by atoms with Crippen LogP contribution in [0, 0.1) is 5.92 Å². The van der Waals surface area contributed by atoms with Crippen LogP contribution in [-0.4, -0.2) is 29.6 Å². The van der Waals surface area contributed by atoms with Gasteiger partial charge in [-0.1, -0.05) is 19.3 Å². The summed E-state index contributed by atoms with van der Waals surface area (Å²) in [6.45, 7) is 8.18. The van der Waals surface area contributed by atoms with Crippen LogP contribution >= 0.6 is 0 Å². The first kappa shape index (κ1) is 15.9. The summed E-state index contributed by atoms with van der Waals surface area (Å²) in [4.78, 5) is 14.2. The number of allylic oxidation sites excluding steroid dienone is 1. The van der Waals surface area contributed by atoms with Crippen molar-refractivity contribution in [1.29, 1.82) is 0 Å². The monoisotopic (exact) mass is 291 g/mol. The van der Waals surface area contributed by atoms with Crippen LogP contribution in [0.2, 0.25) is 0 Å². The SMILES string of the molecule is CC(C)(C)N1C=CC(NC(=O)NCC2CCCCC2)=CC1. The minimum Gasteiger partial charge on any atom is -0.369 e. The predicted molar refractivity (Wildman–Crippen MR) is 86.8 cm³/mol. The molecule has 0 saturated heterocycles. The van der Waals surface area contributed by atoms with Crippen LogP contribution in [0.3, 0.4) is 0 Å². The minimum absolute atomic E-state index is 0.0827. The zero-order valence-corrected chi connectivity index (χ0v) is 13.6. The van der Waals surface area contributed by atoms with E-state index >= 15 is 0 Å². The van der Waals surface area contributed by atoms with Gasteiger partial charge in [-0.15, -0.1) is 0 Å². The summed E-state index contributed by atoms with van der Waals surface area (Å²) < 4.78 is 0. The van der Waals surface area contributed by atoms with E-state index in [0.29, 0.717) is 5.92 Å². The molecular weight excluding hydrogens is 262 g/mol. The topological polar surface area (TPSA) is 44.4 Å². The molecule has 0 spiro atoms. The quantitative estimate of drug-likeness (QED) is 0.837. The van der Waals surface area contributed by atoms with Crippen LogP contribution in [0.5, 0.6) is 0 Å². The van der Waals surface area contributed by atoms with Gasteiger partial charge in [0.1, 0.15) is 0 Å². The van der Waals surface area contributed by atoms with Crippen molar-refractivity contribution in [2.45, 2.75) is 58.4 Å². The van der Waals surface area contributed by atoms with Gasteiger partial charge >= 0.3 is 6.03 Å². The van der Waals surface area contributed by atoms with Crippen LogP contribution in [0.15, 0.2) is 24.0 Å². The molecule has 1 fully saturated rings. The van der Waals surface area contributed by atoms with Crippen LogP contribution in [0.1, 0.15) is 52.9 Å². The first-order chi connectivity index (χ1) is 9.95. The van der Waals surface area contributed by atoms with Crippen LogP contribution in [-0.2, 0) is 0 Å². The van der Waals surface area contributed by atoms with Gasteiger partial charge in [-0.3, -0.25) is 0 Å². The standard InChI is InChI=1S/C17H29N3O/c1-17(2,3)20-11-9-15(10-12-20)19-16(21)18-13-14-7-5-4-6-8-14/h9-11,14H,4-8,12-13H2,1-3H3,(H2,18,19,21). The number of rotatable bonds is 3. The van der Waals surface area contributed by atoms with Crippen molar-refractivity contribution in [2.24, 2.45) is 5.92 Å². The van der Waals surface area contributed by atoms with E-state index in [-0.39, 0.29) is 11.6 Å².